The van der Waals surface area contributed by atoms with E-state index in [-0.39, 0.29) is 34.1 Å². The van der Waals surface area contributed by atoms with E-state index < -0.39 is 18.0 Å². The number of rotatable bonds is 7. The van der Waals surface area contributed by atoms with Crippen molar-refractivity contribution in [3.8, 4) is 17.1 Å². The Kier molecular flexibility index (Phi) is 6.46. The van der Waals surface area contributed by atoms with Crippen molar-refractivity contribution in [1.29, 1.82) is 0 Å². The molecule has 2 aliphatic rings. The van der Waals surface area contributed by atoms with Crippen LogP contribution in [0.15, 0.2) is 53.5 Å². The number of carbonyl (C=O) groups excluding carboxylic acids is 3. The molecular weight excluding hydrogens is 472 g/mol. The Morgan fingerprint density at radius 3 is 2.35 bits per heavy atom. The third-order valence-corrected chi connectivity index (χ3v) is 6.93. The molecule has 3 aromatic rings. The number of primary amides is 1. The maximum atomic E-state index is 13.5. The van der Waals surface area contributed by atoms with E-state index in [4.69, 9.17) is 5.73 Å². The molecule has 5 rings (SSSR count). The maximum Gasteiger partial charge on any atom is 0.280 e. The Hall–Kier alpha value is -4.12. The van der Waals surface area contributed by atoms with Gasteiger partial charge in [0.25, 0.3) is 5.91 Å². The monoisotopic (exact) mass is 500 g/mol. The number of fused-ring (bicyclic) bond motifs is 1. The van der Waals surface area contributed by atoms with E-state index in [2.05, 4.69) is 32.1 Å². The highest BCUT2D eigenvalue weighted by Gasteiger charge is 2.34. The minimum Gasteiger partial charge on any atom is -0.494 e. The highest BCUT2D eigenvalue weighted by atomic mass is 16.3. The van der Waals surface area contributed by atoms with Crippen molar-refractivity contribution in [2.24, 2.45) is 10.7 Å². The molecule has 1 fully saturated rings. The standard InChI is InChI=1S/C27H28N6O4/c1-29-25(33-11-9-32(2)10-12-33)23(34)17-7-3-5-15(13-17)21-19-20(27(37)30-21)22(31-26(19)36)16-6-4-8-18(14-16)24(28)35/h3-8,13-14,25,29,31,36H,9-12H2,1-2H3,(H2,28,35). The molecule has 3 heterocycles. The van der Waals surface area contributed by atoms with Gasteiger partial charge in [-0.2, -0.15) is 0 Å². The summed E-state index contributed by atoms with van der Waals surface area (Å²) in [7, 11) is 3.83. The van der Waals surface area contributed by atoms with Crippen molar-refractivity contribution in [3.63, 3.8) is 0 Å². The van der Waals surface area contributed by atoms with Gasteiger partial charge < -0.3 is 20.7 Å². The number of benzene rings is 2. The number of amides is 2. The third kappa shape index (κ3) is 4.46. The summed E-state index contributed by atoms with van der Waals surface area (Å²) in [4.78, 5) is 49.5. The van der Waals surface area contributed by atoms with Gasteiger partial charge in [0.2, 0.25) is 5.91 Å². The Balaban J connectivity index is 1.48. The molecule has 1 aromatic heterocycles. The van der Waals surface area contributed by atoms with Crippen LogP contribution in [0.25, 0.3) is 11.3 Å². The summed E-state index contributed by atoms with van der Waals surface area (Å²) < 4.78 is 0. The molecule has 2 aromatic carbocycles. The highest BCUT2D eigenvalue weighted by Crippen LogP contribution is 2.38. The lowest BCUT2D eigenvalue weighted by Gasteiger charge is -2.37. The lowest BCUT2D eigenvalue weighted by atomic mass is 9.97. The van der Waals surface area contributed by atoms with Crippen molar-refractivity contribution in [2.75, 3.05) is 40.3 Å². The highest BCUT2D eigenvalue weighted by molar-refractivity contribution is 6.30. The van der Waals surface area contributed by atoms with E-state index in [0.717, 1.165) is 26.2 Å². The number of likely N-dealkylation sites (N-methyl/N-ethyl adjacent to an activating group) is 2. The Morgan fingerprint density at radius 2 is 1.68 bits per heavy atom. The number of H-pyrrole nitrogens is 1. The van der Waals surface area contributed by atoms with E-state index in [1.54, 1.807) is 55.6 Å². The predicted molar refractivity (Wildman–Crippen MR) is 139 cm³/mol. The van der Waals surface area contributed by atoms with Gasteiger partial charge in [-0.3, -0.25) is 24.6 Å². The summed E-state index contributed by atoms with van der Waals surface area (Å²) in [6.45, 7) is 3.30. The summed E-state index contributed by atoms with van der Waals surface area (Å²) in [6, 6.07) is 13.4. The van der Waals surface area contributed by atoms with Crippen molar-refractivity contribution in [2.45, 2.75) is 6.17 Å². The second kappa shape index (κ2) is 9.74. The van der Waals surface area contributed by atoms with Crippen LogP contribution in [0.1, 0.15) is 42.2 Å². The predicted octanol–water partition coefficient (Wildman–Crippen LogP) is 1.45. The smallest absolute Gasteiger partial charge is 0.280 e. The molecule has 37 heavy (non-hydrogen) atoms. The van der Waals surface area contributed by atoms with E-state index in [1.807, 2.05) is 0 Å². The number of nitrogens with zero attached hydrogens (tertiary/aromatic N) is 3. The van der Waals surface area contributed by atoms with Gasteiger partial charge in [-0.05, 0) is 37.9 Å². The molecule has 1 saturated heterocycles. The zero-order chi connectivity index (χ0) is 26.3. The number of piperazine rings is 1. The minimum atomic E-state index is -0.601. The van der Waals surface area contributed by atoms with Crippen LogP contribution in [0.4, 0.5) is 0 Å². The van der Waals surface area contributed by atoms with E-state index in [0.29, 0.717) is 22.4 Å². The normalized spacial score (nSPS) is 16.9. The molecular formula is C27H28N6O4. The number of aromatic amines is 1. The van der Waals surface area contributed by atoms with E-state index >= 15 is 0 Å². The summed E-state index contributed by atoms with van der Waals surface area (Å²) in [6.07, 6.45) is -0.476. The summed E-state index contributed by atoms with van der Waals surface area (Å²) >= 11 is 0. The quantitative estimate of drug-likeness (QED) is 0.360. The Morgan fingerprint density at radius 1 is 1.03 bits per heavy atom. The number of carbonyl (C=O) groups is 3. The number of Topliss-reactive ketones (excluding diaryl/α,β-unsaturated/α-hetero) is 1. The van der Waals surface area contributed by atoms with E-state index in [1.165, 1.54) is 0 Å². The Bertz CT molecular complexity index is 1430. The van der Waals surface area contributed by atoms with Gasteiger partial charge in [-0.15, -0.1) is 0 Å². The molecule has 0 aliphatic carbocycles. The number of aromatic nitrogens is 1. The average Bonchev–Trinajstić information content (AvgIpc) is 3.43. The summed E-state index contributed by atoms with van der Waals surface area (Å²) in [5.41, 5.74) is 8.30. The molecule has 10 nitrogen and oxygen atoms in total. The van der Waals surface area contributed by atoms with Crippen LogP contribution in [0.2, 0.25) is 0 Å². The number of aromatic hydroxyl groups is 1. The second-order valence-electron chi connectivity index (χ2n) is 9.28. The van der Waals surface area contributed by atoms with Gasteiger partial charge in [-0.25, -0.2) is 4.99 Å². The first-order chi connectivity index (χ1) is 17.8. The van der Waals surface area contributed by atoms with Gasteiger partial charge in [0.15, 0.2) is 11.7 Å². The molecule has 2 amide bonds. The van der Waals surface area contributed by atoms with Gasteiger partial charge >= 0.3 is 0 Å². The lowest BCUT2D eigenvalue weighted by molar-refractivity contribution is 0.0650. The largest absolute Gasteiger partial charge is 0.494 e. The molecule has 0 spiro atoms. The van der Waals surface area contributed by atoms with Crippen molar-refractivity contribution in [3.05, 3.63) is 76.3 Å². The fourth-order valence-electron chi connectivity index (χ4n) is 4.94. The van der Waals surface area contributed by atoms with Crippen LogP contribution in [0.3, 0.4) is 0 Å². The van der Waals surface area contributed by atoms with Crippen LogP contribution in [0.5, 0.6) is 5.88 Å². The fourth-order valence-corrected chi connectivity index (χ4v) is 4.94. The van der Waals surface area contributed by atoms with Gasteiger partial charge in [0.1, 0.15) is 6.17 Å². The van der Waals surface area contributed by atoms with Gasteiger partial charge in [-0.1, -0.05) is 30.3 Å². The number of hydrogen-bond donors (Lipinski definition) is 4. The Labute approximate surface area is 213 Å². The number of hydrogen-bond acceptors (Lipinski definition) is 7. The maximum absolute atomic E-state index is 13.5. The number of nitrogens with two attached hydrogens (primary N) is 1. The minimum absolute atomic E-state index is 0.0821. The third-order valence-electron chi connectivity index (χ3n) is 6.93. The zero-order valence-corrected chi connectivity index (χ0v) is 20.6. The topological polar surface area (TPSA) is 144 Å². The molecule has 10 heteroatoms. The molecule has 2 aliphatic heterocycles. The van der Waals surface area contributed by atoms with Gasteiger partial charge in [0.05, 0.1) is 22.5 Å². The first-order valence-corrected chi connectivity index (χ1v) is 12.0. The molecule has 190 valence electrons. The summed E-state index contributed by atoms with van der Waals surface area (Å²) in [5, 5.41) is 13.9. The van der Waals surface area contributed by atoms with Crippen molar-refractivity contribution >= 4 is 23.3 Å². The molecule has 0 bridgehead atoms. The molecule has 5 N–H and O–H groups in total. The van der Waals surface area contributed by atoms with Crippen LogP contribution in [0, 0.1) is 0 Å². The molecule has 0 saturated carbocycles. The first kappa shape index (κ1) is 24.6. The van der Waals surface area contributed by atoms with Crippen molar-refractivity contribution in [1.82, 2.24) is 20.1 Å². The van der Waals surface area contributed by atoms with Gasteiger partial charge in [0, 0.05) is 42.9 Å². The number of aliphatic imine (C=N–C) groups is 1. The first-order valence-electron chi connectivity index (χ1n) is 12.0. The molecule has 0 radical (unpaired) electrons. The fraction of sp³-hybridized carbons (Fsp3) is 0.259. The molecule has 1 unspecified atom stereocenters. The lowest BCUT2D eigenvalue weighted by Crippen LogP contribution is -2.56. The summed E-state index contributed by atoms with van der Waals surface area (Å²) in [5.74, 6) is -1.43. The average molecular weight is 501 g/mol. The second-order valence-corrected chi connectivity index (χ2v) is 9.28. The molecule has 1 atom stereocenters. The van der Waals surface area contributed by atoms with E-state index in [9.17, 15) is 19.5 Å². The van der Waals surface area contributed by atoms with Crippen molar-refractivity contribution < 1.29 is 19.5 Å². The van der Waals surface area contributed by atoms with Crippen LogP contribution in [-0.2, 0) is 0 Å². The zero-order valence-electron chi connectivity index (χ0n) is 20.6. The number of ketones is 1. The van der Waals surface area contributed by atoms with Crippen LogP contribution >= 0.6 is 0 Å². The van der Waals surface area contributed by atoms with Crippen LogP contribution < -0.4 is 11.1 Å². The SMILES string of the molecule is CNC(C(=O)c1cccc(C2=NC(=O)c3c(-c4cccc(C(N)=O)c4)[nH]c(O)c32)c1)N1CCN(C)CC1. The van der Waals surface area contributed by atoms with Crippen LogP contribution in [-0.4, -0.2) is 89.6 Å². The number of nitrogens with one attached hydrogen (secondary N) is 2.